The Kier molecular flexibility index (Phi) is 11.5. The number of nitrogens with one attached hydrogen (secondary N) is 1. The fraction of sp³-hybridized carbons (Fsp3) is 0.300. The maximum Gasteiger partial charge on any atom is 0.454 e. The van der Waals surface area contributed by atoms with E-state index in [1.165, 1.54) is 0 Å². The summed E-state index contributed by atoms with van der Waals surface area (Å²) in [6, 6.07) is 8.73. The predicted octanol–water partition coefficient (Wildman–Crippen LogP) is 5.71. The van der Waals surface area contributed by atoms with Crippen molar-refractivity contribution in [1.29, 1.82) is 0 Å². The Morgan fingerprint density at radius 1 is 1.06 bits per heavy atom. The minimum Gasteiger partial charge on any atom is -0.504 e. The van der Waals surface area contributed by atoms with E-state index in [0.29, 0.717) is 23.4 Å². The van der Waals surface area contributed by atoms with Gasteiger partial charge in [-0.1, -0.05) is 13.0 Å². The molecule has 0 unspecified atom stereocenters. The molecule has 1 heterocycles. The van der Waals surface area contributed by atoms with Crippen molar-refractivity contribution in [3.8, 4) is 11.3 Å². The molecule has 2 N–H and O–H groups in total. The van der Waals surface area contributed by atoms with Gasteiger partial charge < -0.3 is 15.4 Å². The Balaban J connectivity index is 0.000000684. The third-order valence-corrected chi connectivity index (χ3v) is 3.64. The van der Waals surface area contributed by atoms with Gasteiger partial charge in [-0.15, -0.1) is 29.3 Å². The van der Waals surface area contributed by atoms with Gasteiger partial charge in [0.25, 0.3) is 5.78 Å². The maximum absolute atomic E-state index is 12.8. The number of carbonyl (C=O) groups excluding carboxylic acids is 1. The molecule has 4 nitrogen and oxygen atoms in total. The SMILES string of the molecule is CNCc1ccnc(-c2[c-]c(C(F)(F)F)cc(C)c2)c1.O=C(/C=C(\O)C(F)(F)F)C(F)(F)F.[Pt]. The minimum absolute atomic E-state index is 0. The van der Waals surface area contributed by atoms with E-state index >= 15 is 0 Å². The summed E-state index contributed by atoms with van der Waals surface area (Å²) in [7, 11) is 1.81. The van der Waals surface area contributed by atoms with E-state index in [4.69, 9.17) is 5.11 Å². The average Bonchev–Trinajstić information content (AvgIpc) is 2.66. The van der Waals surface area contributed by atoms with Gasteiger partial charge in [0.05, 0.1) is 0 Å². The number of rotatable bonds is 4. The smallest absolute Gasteiger partial charge is 0.454 e. The van der Waals surface area contributed by atoms with Gasteiger partial charge in [-0.25, -0.2) is 0 Å². The number of aliphatic hydroxyl groups excluding tert-OH is 1. The van der Waals surface area contributed by atoms with Crippen molar-refractivity contribution in [3.05, 3.63) is 65.1 Å². The summed E-state index contributed by atoms with van der Waals surface area (Å²) in [6.45, 7) is 2.26. The van der Waals surface area contributed by atoms with Crippen LogP contribution in [0, 0.1) is 13.0 Å². The number of hydrogen-bond acceptors (Lipinski definition) is 4. The second kappa shape index (κ2) is 12.3. The van der Waals surface area contributed by atoms with Gasteiger partial charge in [0.15, 0.2) is 0 Å². The Hall–Kier alpha value is -2.40. The van der Waals surface area contributed by atoms with E-state index in [-0.39, 0.29) is 21.1 Å². The Morgan fingerprint density at radius 2 is 1.65 bits per heavy atom. The fourth-order valence-corrected chi connectivity index (χ4v) is 2.23. The van der Waals surface area contributed by atoms with E-state index in [1.807, 2.05) is 6.07 Å². The molecule has 0 amide bonds. The quantitative estimate of drug-likeness (QED) is 0.188. The molecule has 0 bridgehead atoms. The van der Waals surface area contributed by atoms with Crippen molar-refractivity contribution in [1.82, 2.24) is 10.3 Å². The molecule has 0 atom stereocenters. The Bertz CT molecular complexity index is 1000. The summed E-state index contributed by atoms with van der Waals surface area (Å²) in [5.41, 5.74) is 1.57. The topological polar surface area (TPSA) is 62.2 Å². The molecular weight excluding hydrogens is 666 g/mol. The normalized spacial score (nSPS) is 12.4. The Labute approximate surface area is 202 Å². The number of aromatic nitrogens is 1. The van der Waals surface area contributed by atoms with Gasteiger partial charge >= 0.3 is 18.5 Å². The van der Waals surface area contributed by atoms with Crippen molar-refractivity contribution in [2.45, 2.75) is 32.0 Å². The molecule has 0 aliphatic heterocycles. The summed E-state index contributed by atoms with van der Waals surface area (Å²) in [5, 5.41) is 10.9. The van der Waals surface area contributed by atoms with Crippen molar-refractivity contribution < 1.29 is 70.5 Å². The molecular formula is C20H16F9N2O2Pt-. The van der Waals surface area contributed by atoms with Gasteiger partial charge in [-0.05, 0) is 29.9 Å². The van der Waals surface area contributed by atoms with Crippen LogP contribution in [-0.2, 0) is 38.6 Å². The molecule has 0 radical (unpaired) electrons. The van der Waals surface area contributed by atoms with Gasteiger partial charge in [0.1, 0.15) is 0 Å². The number of aliphatic hydroxyl groups is 1. The first-order chi connectivity index (χ1) is 14.9. The van der Waals surface area contributed by atoms with Crippen LogP contribution < -0.4 is 5.32 Å². The summed E-state index contributed by atoms with van der Waals surface area (Å²) in [4.78, 5) is 14.0. The van der Waals surface area contributed by atoms with Gasteiger partial charge in [0.2, 0.25) is 5.76 Å². The van der Waals surface area contributed by atoms with Crippen LogP contribution in [0.2, 0.25) is 0 Å². The van der Waals surface area contributed by atoms with E-state index < -0.39 is 41.7 Å². The first-order valence-corrected chi connectivity index (χ1v) is 8.75. The third-order valence-electron chi connectivity index (χ3n) is 3.64. The van der Waals surface area contributed by atoms with Crippen molar-refractivity contribution >= 4 is 5.78 Å². The van der Waals surface area contributed by atoms with E-state index in [2.05, 4.69) is 16.4 Å². The van der Waals surface area contributed by atoms with Gasteiger partial charge in [0, 0.05) is 39.9 Å². The van der Waals surface area contributed by atoms with Crippen LogP contribution in [0.4, 0.5) is 39.5 Å². The number of pyridine rings is 1. The van der Waals surface area contributed by atoms with Crippen LogP contribution in [0.1, 0.15) is 16.7 Å². The van der Waals surface area contributed by atoms with Crippen LogP contribution in [0.3, 0.4) is 0 Å². The molecule has 192 valence electrons. The number of ketones is 1. The number of aryl methyl sites for hydroxylation is 1. The molecule has 34 heavy (non-hydrogen) atoms. The number of halogens is 9. The monoisotopic (exact) mass is 682 g/mol. The van der Waals surface area contributed by atoms with Gasteiger partial charge in [-0.3, -0.25) is 4.79 Å². The number of hydrogen-bond donors (Lipinski definition) is 2. The number of benzene rings is 1. The summed E-state index contributed by atoms with van der Waals surface area (Å²) >= 11 is 0. The number of allylic oxidation sites excluding steroid dienone is 2. The molecule has 14 heteroatoms. The molecule has 0 aliphatic carbocycles. The zero-order valence-corrected chi connectivity index (χ0v) is 19.5. The number of nitrogens with zero attached hydrogens (tertiary/aromatic N) is 1. The zero-order valence-electron chi connectivity index (χ0n) is 17.2. The van der Waals surface area contributed by atoms with Crippen LogP contribution in [0.25, 0.3) is 11.3 Å². The van der Waals surface area contributed by atoms with Crippen LogP contribution in [0.5, 0.6) is 0 Å². The number of alkyl halides is 9. The molecule has 2 rings (SSSR count). The first kappa shape index (κ1) is 31.6. The van der Waals surface area contributed by atoms with Crippen molar-refractivity contribution in [2.24, 2.45) is 0 Å². The van der Waals surface area contributed by atoms with Crippen LogP contribution in [0.15, 0.2) is 42.3 Å². The molecule has 2 aromatic rings. The summed E-state index contributed by atoms with van der Waals surface area (Å²) in [5.74, 6) is -5.34. The van der Waals surface area contributed by atoms with Crippen molar-refractivity contribution in [2.75, 3.05) is 7.05 Å². The molecule has 0 fully saturated rings. The second-order valence-electron chi connectivity index (χ2n) is 6.45. The van der Waals surface area contributed by atoms with E-state index in [0.717, 1.165) is 11.6 Å². The van der Waals surface area contributed by atoms with Crippen LogP contribution in [-0.4, -0.2) is 35.3 Å². The Morgan fingerprint density at radius 3 is 2.12 bits per heavy atom. The fourth-order valence-electron chi connectivity index (χ4n) is 2.23. The molecule has 1 aromatic carbocycles. The first-order valence-electron chi connectivity index (χ1n) is 8.75. The average molecular weight is 682 g/mol. The van der Waals surface area contributed by atoms with E-state index in [9.17, 15) is 44.3 Å². The molecule has 1 aromatic heterocycles. The summed E-state index contributed by atoms with van der Waals surface area (Å²) in [6.07, 6.45) is -14.5. The van der Waals surface area contributed by atoms with Crippen LogP contribution >= 0.6 is 0 Å². The molecule has 0 aliphatic rings. The minimum atomic E-state index is -5.42. The predicted molar refractivity (Wildman–Crippen MR) is 98.8 cm³/mol. The standard InChI is InChI=1S/C15H14F3N2.C5H2F6O2.Pt/c1-10-5-12(8-13(6-10)15(16,17)18)14-7-11(9-19-2)3-4-20-14;6-4(7,8)2(12)1-3(13)5(9,10)11;/h3-7,19H,9H2,1-2H3;1,12H;/q-1;;/b;2-1-;. The molecule has 0 spiro atoms. The molecule has 0 saturated heterocycles. The van der Waals surface area contributed by atoms with Gasteiger partial charge in [-0.2, -0.15) is 39.5 Å². The zero-order chi connectivity index (χ0) is 25.6. The molecule has 0 saturated carbocycles. The van der Waals surface area contributed by atoms with E-state index in [1.54, 1.807) is 32.3 Å². The largest absolute Gasteiger partial charge is 0.504 e. The maximum atomic E-state index is 12.8. The number of carbonyl (C=O) groups is 1. The third kappa shape index (κ3) is 10.2. The summed E-state index contributed by atoms with van der Waals surface area (Å²) < 4.78 is 106. The second-order valence-corrected chi connectivity index (χ2v) is 6.45. The van der Waals surface area contributed by atoms with Crippen molar-refractivity contribution in [3.63, 3.8) is 0 Å².